The summed E-state index contributed by atoms with van der Waals surface area (Å²) in [6.07, 6.45) is -2.84. The fourth-order valence-corrected chi connectivity index (χ4v) is 4.96. The van der Waals surface area contributed by atoms with E-state index >= 15 is 0 Å². The summed E-state index contributed by atoms with van der Waals surface area (Å²) in [7, 11) is 0. The molecule has 9 nitrogen and oxygen atoms in total. The van der Waals surface area contributed by atoms with E-state index in [2.05, 4.69) is 133 Å². The first-order valence-electron chi connectivity index (χ1n) is 14.6. The molecular weight excluding hydrogens is 1250 g/mol. The molecule has 2 amide bonds. The van der Waals surface area contributed by atoms with E-state index in [9.17, 15) is 35.9 Å². The first-order valence-corrected chi connectivity index (χ1v) is 21.8. The number of nitrogens with two attached hydrogens (primary N) is 1. The molecule has 2 aliphatic heterocycles. The van der Waals surface area contributed by atoms with Gasteiger partial charge in [-0.3, -0.25) is 19.6 Å². The molecule has 2 aliphatic rings. The van der Waals surface area contributed by atoms with Gasteiger partial charge in [-0.2, -0.15) is 26.3 Å². The molecule has 0 unspecified atom stereocenters. The summed E-state index contributed by atoms with van der Waals surface area (Å²) in [5.41, 5.74) is 7.12. The molecule has 4 heterocycles. The average Bonchev–Trinajstić information content (AvgIpc) is 3.02. The Balaban J connectivity index is 0.000000412. The molecule has 2 aromatic rings. The van der Waals surface area contributed by atoms with Gasteiger partial charge in [0.25, 0.3) is 0 Å². The molecule has 2 aromatic heterocycles. The molecule has 0 aliphatic carbocycles. The van der Waals surface area contributed by atoms with E-state index in [0.717, 1.165) is 11.3 Å². The Labute approximate surface area is 354 Å². The van der Waals surface area contributed by atoms with E-state index in [1.165, 1.54) is 24.6 Å². The number of aromatic nitrogens is 4. The lowest BCUT2D eigenvalue weighted by Gasteiger charge is -2.31. The molecule has 0 spiro atoms. The van der Waals surface area contributed by atoms with Crippen molar-refractivity contribution in [2.24, 2.45) is 0 Å². The van der Waals surface area contributed by atoms with Crippen molar-refractivity contribution in [1.82, 2.24) is 29.7 Å². The summed E-state index contributed by atoms with van der Waals surface area (Å²) < 4.78 is 74.6. The number of hydrogen-bond acceptors (Lipinski definition) is 7. The van der Waals surface area contributed by atoms with E-state index < -0.39 is 49.9 Å². The Bertz CT molecular complexity index is 1180. The molecule has 0 radical (unpaired) electrons. The number of halogens is 12. The van der Waals surface area contributed by atoms with E-state index in [4.69, 9.17) is 17.3 Å². The average molecular weight is 1290 g/mol. The number of amides is 2. The fraction of sp³-hybridized carbons (Fsp3) is 0.643. The SMILES string of the molecule is IC(I)I.ICI.Nc1cncc(C2CCN(C(=O)CCC(F)(F)F)CC2)n1.O=C(CCC(F)(F)F)N1CCC(c2cncc(Cl)n2)CC1. The minimum atomic E-state index is -4.29. The Kier molecular flexibility index (Phi) is 23.9. The van der Waals surface area contributed by atoms with Gasteiger partial charge in [0.1, 0.15) is 10.9 Å². The third-order valence-electron chi connectivity index (χ3n) is 7.07. The molecule has 2 fully saturated rings. The second-order valence-electron chi connectivity index (χ2n) is 10.5. The molecule has 278 valence electrons. The molecule has 0 aromatic carbocycles. The second kappa shape index (κ2) is 24.7. The first-order chi connectivity index (χ1) is 22.8. The monoisotopic (exact) mass is 1280 g/mol. The summed E-state index contributed by atoms with van der Waals surface area (Å²) in [4.78, 5) is 42.7. The molecular formula is C28H35ClF6I5N7O2. The van der Waals surface area contributed by atoms with Crippen LogP contribution in [-0.2, 0) is 9.59 Å². The highest BCUT2D eigenvalue weighted by Crippen LogP contribution is 2.30. The summed E-state index contributed by atoms with van der Waals surface area (Å²) in [6, 6.07) is 0. The number of piperidine rings is 2. The lowest BCUT2D eigenvalue weighted by Crippen LogP contribution is -2.38. The highest BCUT2D eigenvalue weighted by atomic mass is 127. The Morgan fingerprint density at radius 1 is 0.755 bits per heavy atom. The van der Waals surface area contributed by atoms with Gasteiger partial charge in [-0.1, -0.05) is 125 Å². The summed E-state index contributed by atoms with van der Waals surface area (Å²) in [5.74, 6) is -0.251. The third kappa shape index (κ3) is 22.3. The van der Waals surface area contributed by atoms with E-state index in [1.807, 2.05) is 0 Å². The van der Waals surface area contributed by atoms with E-state index in [-0.39, 0.29) is 11.8 Å². The molecule has 2 saturated heterocycles. The molecule has 21 heteroatoms. The maximum Gasteiger partial charge on any atom is 0.389 e. The highest BCUT2D eigenvalue weighted by Gasteiger charge is 2.32. The zero-order valence-electron chi connectivity index (χ0n) is 25.8. The largest absolute Gasteiger partial charge is 0.389 e. The van der Waals surface area contributed by atoms with Crippen LogP contribution in [0.2, 0.25) is 5.15 Å². The Morgan fingerprint density at radius 3 is 1.43 bits per heavy atom. The van der Waals surface area contributed by atoms with Crippen molar-refractivity contribution in [3.8, 4) is 0 Å². The van der Waals surface area contributed by atoms with Gasteiger partial charge < -0.3 is 15.5 Å². The third-order valence-corrected chi connectivity index (χ3v) is 7.25. The van der Waals surface area contributed by atoms with Crippen LogP contribution in [0.5, 0.6) is 0 Å². The number of likely N-dealkylation sites (tertiary alicyclic amines) is 2. The number of hydrogen-bond donors (Lipinski definition) is 1. The molecule has 0 bridgehead atoms. The van der Waals surface area contributed by atoms with Crippen LogP contribution >= 0.6 is 125 Å². The number of anilines is 1. The van der Waals surface area contributed by atoms with Gasteiger partial charge >= 0.3 is 12.4 Å². The molecule has 0 atom stereocenters. The number of nitrogens with zero attached hydrogens (tertiary/aromatic N) is 6. The normalized spacial score (nSPS) is 15.7. The number of carbonyl (C=O) groups is 2. The minimum absolute atomic E-state index is 0.142. The summed E-state index contributed by atoms with van der Waals surface area (Å²) in [5, 5.41) is 0.316. The van der Waals surface area contributed by atoms with Crippen molar-refractivity contribution in [1.29, 1.82) is 0 Å². The Morgan fingerprint density at radius 2 is 1.10 bits per heavy atom. The van der Waals surface area contributed by atoms with Crippen LogP contribution in [0.1, 0.15) is 74.6 Å². The van der Waals surface area contributed by atoms with Gasteiger partial charge in [-0.15, -0.1) is 0 Å². The number of alkyl halides is 11. The zero-order chi connectivity index (χ0) is 37.2. The highest BCUT2D eigenvalue weighted by molar-refractivity contribution is 14.3. The van der Waals surface area contributed by atoms with Crippen molar-refractivity contribution in [2.45, 2.75) is 75.5 Å². The van der Waals surface area contributed by atoms with Crippen molar-refractivity contribution < 1.29 is 35.9 Å². The fourth-order valence-electron chi connectivity index (χ4n) is 4.81. The summed E-state index contributed by atoms with van der Waals surface area (Å²) in [6.45, 7) is 1.76. The molecule has 0 saturated carbocycles. The van der Waals surface area contributed by atoms with Crippen LogP contribution in [-0.4, -0.2) is 82.5 Å². The maximum absolute atomic E-state index is 12.1. The molecule has 49 heavy (non-hydrogen) atoms. The minimum Gasteiger partial charge on any atom is -0.382 e. The standard InChI is InChI=1S/C13H15ClF3N3O.C13H17F3N4O.CHI3.CH2I2/c14-11-8-18-7-10(19-11)9-2-5-20(6-3-9)12(21)1-4-13(15,16)17;14-13(15,16)4-1-12(21)20-5-2-9(3-6-20)10-7-18-8-11(17)19-10;2-1(3)4;2-1-3/h7-9H,1-6H2;7-9H,1-6H2,(H2,17,19);1H;1H2. The van der Waals surface area contributed by atoms with Gasteiger partial charge in [0, 0.05) is 63.3 Å². The quantitative estimate of drug-likeness (QED) is 0.174. The van der Waals surface area contributed by atoms with Crippen LogP contribution in [0.25, 0.3) is 0 Å². The summed E-state index contributed by atoms with van der Waals surface area (Å²) >= 11 is 17.3. The van der Waals surface area contributed by atoms with Gasteiger partial charge in [0.2, 0.25) is 11.8 Å². The first kappa shape index (κ1) is 47.4. The van der Waals surface area contributed by atoms with Crippen LogP contribution in [0.4, 0.5) is 32.2 Å². The van der Waals surface area contributed by atoms with Crippen molar-refractivity contribution >= 4 is 142 Å². The van der Waals surface area contributed by atoms with Crippen LogP contribution in [0.15, 0.2) is 24.8 Å². The maximum atomic E-state index is 12.1. The smallest absolute Gasteiger partial charge is 0.382 e. The Hall–Kier alpha value is 0.420. The van der Waals surface area contributed by atoms with Crippen LogP contribution in [0.3, 0.4) is 0 Å². The molecule has 4 rings (SSSR count). The van der Waals surface area contributed by atoms with Crippen LogP contribution in [0, 0.1) is 0 Å². The van der Waals surface area contributed by atoms with E-state index in [1.54, 1.807) is 12.4 Å². The van der Waals surface area contributed by atoms with Gasteiger partial charge in [-0.05, 0) is 25.7 Å². The molecule has 2 N–H and O–H groups in total. The predicted molar refractivity (Wildman–Crippen MR) is 220 cm³/mol. The number of carbonyl (C=O) groups excluding carboxylic acids is 2. The van der Waals surface area contributed by atoms with Crippen molar-refractivity contribution in [3.05, 3.63) is 41.3 Å². The number of nitrogen functional groups attached to an aromatic ring is 1. The zero-order valence-corrected chi connectivity index (χ0v) is 37.4. The van der Waals surface area contributed by atoms with Crippen LogP contribution < -0.4 is 5.73 Å². The second-order valence-corrected chi connectivity index (χ2v) is 26.2. The predicted octanol–water partition coefficient (Wildman–Crippen LogP) is 9.67. The van der Waals surface area contributed by atoms with Crippen molar-refractivity contribution in [3.63, 3.8) is 0 Å². The van der Waals surface area contributed by atoms with Gasteiger partial charge in [0.15, 0.2) is 0 Å². The van der Waals surface area contributed by atoms with Gasteiger partial charge in [-0.25, -0.2) is 9.97 Å². The topological polar surface area (TPSA) is 118 Å². The lowest BCUT2D eigenvalue weighted by molar-refractivity contribution is -0.149. The lowest BCUT2D eigenvalue weighted by atomic mass is 9.93. The van der Waals surface area contributed by atoms with E-state index in [0.29, 0.717) is 62.8 Å². The number of rotatable bonds is 6. The van der Waals surface area contributed by atoms with Gasteiger partial charge in [0.05, 0.1) is 39.1 Å². The van der Waals surface area contributed by atoms with Crippen molar-refractivity contribution in [2.75, 3.05) is 34.3 Å².